The van der Waals surface area contributed by atoms with Crippen molar-refractivity contribution in [3.8, 4) is 0 Å². The number of hydrogen-bond acceptors (Lipinski definition) is 3. The van der Waals surface area contributed by atoms with Gasteiger partial charge in [0.15, 0.2) is 0 Å². The van der Waals surface area contributed by atoms with Gasteiger partial charge in [0.25, 0.3) is 0 Å². The van der Waals surface area contributed by atoms with E-state index in [1.165, 1.54) is 12.1 Å². The van der Waals surface area contributed by atoms with Crippen molar-refractivity contribution in [3.05, 3.63) is 35.6 Å². The van der Waals surface area contributed by atoms with Crippen LogP contribution in [0.1, 0.15) is 31.4 Å². The minimum Gasteiger partial charge on any atom is -0.382 e. The van der Waals surface area contributed by atoms with Crippen LogP contribution in [-0.4, -0.2) is 13.2 Å². The summed E-state index contributed by atoms with van der Waals surface area (Å²) in [6.45, 7) is 3.40. The summed E-state index contributed by atoms with van der Waals surface area (Å²) in [6.07, 6.45) is 1.74. The molecule has 0 aliphatic rings. The minimum absolute atomic E-state index is 0.0174. The minimum atomic E-state index is -0.234. The van der Waals surface area contributed by atoms with Crippen molar-refractivity contribution in [1.82, 2.24) is 5.43 Å². The fourth-order valence-electron chi connectivity index (χ4n) is 1.60. The van der Waals surface area contributed by atoms with Gasteiger partial charge in [0.05, 0.1) is 0 Å². The van der Waals surface area contributed by atoms with E-state index in [0.29, 0.717) is 6.61 Å². The lowest BCUT2D eigenvalue weighted by Crippen LogP contribution is -2.28. The molecule has 90 valence electrons. The lowest BCUT2D eigenvalue weighted by Gasteiger charge is -2.16. The van der Waals surface area contributed by atoms with Gasteiger partial charge in [0, 0.05) is 19.3 Å². The molecular weight excluding hydrogens is 207 g/mol. The summed E-state index contributed by atoms with van der Waals surface area (Å²) >= 11 is 0. The first-order chi connectivity index (χ1) is 7.77. The highest BCUT2D eigenvalue weighted by atomic mass is 19.1. The van der Waals surface area contributed by atoms with Gasteiger partial charge in [-0.05, 0) is 37.5 Å². The number of hydrazine groups is 1. The molecule has 4 heteroatoms. The molecule has 3 N–H and O–H groups in total. The number of nitrogens with one attached hydrogen (secondary N) is 1. The second-order valence-electron chi connectivity index (χ2n) is 3.61. The monoisotopic (exact) mass is 226 g/mol. The molecule has 1 unspecified atom stereocenters. The molecule has 0 aromatic heterocycles. The lowest BCUT2D eigenvalue weighted by atomic mass is 10.0. The Balaban J connectivity index is 2.47. The van der Waals surface area contributed by atoms with Crippen molar-refractivity contribution in [2.24, 2.45) is 5.84 Å². The van der Waals surface area contributed by atoms with Crippen molar-refractivity contribution in [2.45, 2.75) is 25.8 Å². The highest BCUT2D eigenvalue weighted by Crippen LogP contribution is 2.18. The summed E-state index contributed by atoms with van der Waals surface area (Å²) in [5.74, 6) is 5.22. The van der Waals surface area contributed by atoms with Crippen LogP contribution in [0, 0.1) is 5.82 Å². The van der Waals surface area contributed by atoms with E-state index < -0.39 is 0 Å². The molecule has 0 radical (unpaired) electrons. The smallest absolute Gasteiger partial charge is 0.123 e. The summed E-state index contributed by atoms with van der Waals surface area (Å²) in [7, 11) is 0. The summed E-state index contributed by atoms with van der Waals surface area (Å²) < 4.78 is 18.3. The third kappa shape index (κ3) is 4.26. The summed E-state index contributed by atoms with van der Waals surface area (Å²) in [4.78, 5) is 0. The van der Waals surface area contributed by atoms with Crippen LogP contribution in [0.5, 0.6) is 0 Å². The molecule has 1 aromatic carbocycles. The fourth-order valence-corrected chi connectivity index (χ4v) is 1.60. The third-order valence-corrected chi connectivity index (χ3v) is 2.44. The molecule has 0 saturated heterocycles. The van der Waals surface area contributed by atoms with Gasteiger partial charge in [-0.15, -0.1) is 0 Å². The maximum atomic E-state index is 13.0. The van der Waals surface area contributed by atoms with E-state index in [-0.39, 0.29) is 11.9 Å². The van der Waals surface area contributed by atoms with Crippen molar-refractivity contribution >= 4 is 0 Å². The molecule has 3 nitrogen and oxygen atoms in total. The number of rotatable bonds is 7. The fraction of sp³-hybridized carbons (Fsp3) is 0.500. The van der Waals surface area contributed by atoms with Crippen LogP contribution in [0.15, 0.2) is 24.3 Å². The van der Waals surface area contributed by atoms with E-state index in [0.717, 1.165) is 25.0 Å². The lowest BCUT2D eigenvalue weighted by molar-refractivity contribution is 0.141. The zero-order chi connectivity index (χ0) is 11.8. The number of nitrogens with two attached hydrogens (primary N) is 1. The zero-order valence-corrected chi connectivity index (χ0v) is 9.58. The van der Waals surface area contributed by atoms with Gasteiger partial charge < -0.3 is 4.74 Å². The zero-order valence-electron chi connectivity index (χ0n) is 9.58. The van der Waals surface area contributed by atoms with Crippen molar-refractivity contribution in [3.63, 3.8) is 0 Å². The van der Waals surface area contributed by atoms with E-state index >= 15 is 0 Å². The number of benzene rings is 1. The molecule has 0 spiro atoms. The largest absolute Gasteiger partial charge is 0.382 e. The van der Waals surface area contributed by atoms with E-state index in [4.69, 9.17) is 10.6 Å². The SMILES string of the molecule is CCOCCCC(NN)c1cccc(F)c1. The maximum absolute atomic E-state index is 13.0. The van der Waals surface area contributed by atoms with Gasteiger partial charge in [-0.25, -0.2) is 4.39 Å². The Hall–Kier alpha value is -0.970. The third-order valence-electron chi connectivity index (χ3n) is 2.44. The van der Waals surface area contributed by atoms with Crippen LogP contribution < -0.4 is 11.3 Å². The molecule has 0 amide bonds. The topological polar surface area (TPSA) is 47.3 Å². The first kappa shape index (κ1) is 13.1. The van der Waals surface area contributed by atoms with Gasteiger partial charge in [-0.2, -0.15) is 0 Å². The second-order valence-corrected chi connectivity index (χ2v) is 3.61. The molecule has 1 atom stereocenters. The van der Waals surface area contributed by atoms with E-state index in [1.54, 1.807) is 6.07 Å². The average Bonchev–Trinajstić information content (AvgIpc) is 2.29. The van der Waals surface area contributed by atoms with Crippen LogP contribution in [0.4, 0.5) is 4.39 Å². The summed E-state index contributed by atoms with van der Waals surface area (Å²) in [5, 5.41) is 0. The Morgan fingerprint density at radius 3 is 2.94 bits per heavy atom. The molecule has 1 aromatic rings. The molecule has 0 aliphatic carbocycles. The Labute approximate surface area is 95.8 Å². The van der Waals surface area contributed by atoms with Crippen LogP contribution >= 0.6 is 0 Å². The van der Waals surface area contributed by atoms with E-state index in [1.807, 2.05) is 13.0 Å². The van der Waals surface area contributed by atoms with Crippen molar-refractivity contribution in [1.29, 1.82) is 0 Å². The van der Waals surface area contributed by atoms with E-state index in [2.05, 4.69) is 5.43 Å². The first-order valence-corrected chi connectivity index (χ1v) is 5.57. The highest BCUT2D eigenvalue weighted by Gasteiger charge is 2.09. The second kappa shape index (κ2) is 7.33. The normalized spacial score (nSPS) is 12.7. The van der Waals surface area contributed by atoms with Crippen LogP contribution in [0.3, 0.4) is 0 Å². The van der Waals surface area contributed by atoms with Crippen LogP contribution in [0.2, 0.25) is 0 Å². The summed E-state index contributed by atoms with van der Waals surface area (Å²) in [6, 6.07) is 6.48. The molecule has 0 bridgehead atoms. The number of halogens is 1. The van der Waals surface area contributed by atoms with Crippen LogP contribution in [0.25, 0.3) is 0 Å². The first-order valence-electron chi connectivity index (χ1n) is 5.57. The maximum Gasteiger partial charge on any atom is 0.123 e. The molecule has 0 saturated carbocycles. The molecule has 16 heavy (non-hydrogen) atoms. The van der Waals surface area contributed by atoms with Gasteiger partial charge >= 0.3 is 0 Å². The van der Waals surface area contributed by atoms with Gasteiger partial charge in [-0.1, -0.05) is 12.1 Å². The Morgan fingerprint density at radius 1 is 1.50 bits per heavy atom. The molecule has 1 rings (SSSR count). The predicted molar refractivity (Wildman–Crippen MR) is 62.2 cm³/mol. The van der Waals surface area contributed by atoms with E-state index in [9.17, 15) is 4.39 Å². The van der Waals surface area contributed by atoms with Gasteiger partial charge in [0.2, 0.25) is 0 Å². The van der Waals surface area contributed by atoms with Crippen molar-refractivity contribution < 1.29 is 9.13 Å². The molecule has 0 heterocycles. The summed E-state index contributed by atoms with van der Waals surface area (Å²) in [5.41, 5.74) is 3.57. The van der Waals surface area contributed by atoms with Crippen LogP contribution in [-0.2, 0) is 4.74 Å². The molecular formula is C12H19FN2O. The molecule has 0 aliphatic heterocycles. The predicted octanol–water partition coefficient (Wildman–Crippen LogP) is 2.15. The Kier molecular flexibility index (Phi) is 6.00. The number of ether oxygens (including phenoxy) is 1. The Bertz CT molecular complexity index is 307. The highest BCUT2D eigenvalue weighted by molar-refractivity contribution is 5.19. The molecule has 0 fully saturated rings. The van der Waals surface area contributed by atoms with Crippen molar-refractivity contribution in [2.75, 3.05) is 13.2 Å². The standard InChI is InChI=1S/C12H19FN2O/c1-2-16-8-4-7-12(15-14)10-5-3-6-11(13)9-10/h3,5-6,9,12,15H,2,4,7-8,14H2,1H3. The Morgan fingerprint density at radius 2 is 2.31 bits per heavy atom. The van der Waals surface area contributed by atoms with Gasteiger partial charge in [0.1, 0.15) is 5.82 Å². The number of hydrogen-bond donors (Lipinski definition) is 2. The quantitative estimate of drug-likeness (QED) is 0.425. The van der Waals surface area contributed by atoms with Gasteiger partial charge in [-0.3, -0.25) is 11.3 Å². The average molecular weight is 226 g/mol.